The van der Waals surface area contributed by atoms with Crippen LogP contribution in [-0.4, -0.2) is 38.5 Å². The first kappa shape index (κ1) is 15.2. The summed E-state index contributed by atoms with van der Waals surface area (Å²) in [5.41, 5.74) is 0. The third-order valence-corrected chi connectivity index (χ3v) is 6.56. The fourth-order valence-electron chi connectivity index (χ4n) is 3.13. The summed E-state index contributed by atoms with van der Waals surface area (Å²) in [6, 6.07) is 3.92. The predicted molar refractivity (Wildman–Crippen MR) is 77.2 cm³/mol. The zero-order chi connectivity index (χ0) is 15.0. The molecule has 0 aliphatic carbocycles. The molecule has 0 saturated carbocycles. The molecule has 4 nitrogen and oxygen atoms in total. The van der Waals surface area contributed by atoms with Gasteiger partial charge in [-0.3, -0.25) is 0 Å². The van der Waals surface area contributed by atoms with E-state index in [1.165, 1.54) is 16.4 Å². The van der Waals surface area contributed by atoms with E-state index in [0.717, 1.165) is 25.5 Å². The first-order chi connectivity index (χ1) is 10.00. The maximum Gasteiger partial charge on any atom is 0.247 e. The van der Waals surface area contributed by atoms with Crippen molar-refractivity contribution in [3.63, 3.8) is 0 Å². The van der Waals surface area contributed by atoms with Crippen LogP contribution in [0, 0.1) is 11.7 Å². The molecule has 3 rings (SSSR count). The van der Waals surface area contributed by atoms with E-state index >= 15 is 0 Å². The molecule has 0 N–H and O–H groups in total. The highest BCUT2D eigenvalue weighted by molar-refractivity contribution is 7.89. The number of rotatable bonds is 2. The lowest BCUT2D eigenvalue weighted by molar-refractivity contribution is -0.0534. The van der Waals surface area contributed by atoms with E-state index in [0.29, 0.717) is 19.5 Å². The first-order valence-electron chi connectivity index (χ1n) is 7.06. The molecular formula is C14H17ClFNO3S. The summed E-state index contributed by atoms with van der Waals surface area (Å²) in [5.74, 6) is -0.614. The van der Waals surface area contributed by atoms with Crippen LogP contribution < -0.4 is 0 Å². The molecule has 7 heteroatoms. The number of hydrogen-bond acceptors (Lipinski definition) is 3. The van der Waals surface area contributed by atoms with Gasteiger partial charge in [0.15, 0.2) is 0 Å². The number of fused-ring (bicyclic) bond motifs is 1. The Morgan fingerprint density at radius 1 is 1.33 bits per heavy atom. The van der Waals surface area contributed by atoms with Crippen LogP contribution in [0.1, 0.15) is 19.3 Å². The minimum absolute atomic E-state index is 0.0722. The van der Waals surface area contributed by atoms with Crippen LogP contribution in [0.4, 0.5) is 4.39 Å². The van der Waals surface area contributed by atoms with Crippen LogP contribution in [0.3, 0.4) is 0 Å². The van der Waals surface area contributed by atoms with Crippen molar-refractivity contribution in [3.8, 4) is 0 Å². The number of halogens is 2. The highest BCUT2D eigenvalue weighted by Gasteiger charge is 2.38. The predicted octanol–water partition coefficient (Wildman–Crippen LogP) is 2.67. The van der Waals surface area contributed by atoms with Gasteiger partial charge >= 0.3 is 0 Å². The Morgan fingerprint density at radius 3 is 2.90 bits per heavy atom. The van der Waals surface area contributed by atoms with Crippen LogP contribution in [0.2, 0.25) is 5.02 Å². The van der Waals surface area contributed by atoms with Crippen molar-refractivity contribution in [1.82, 2.24) is 4.31 Å². The van der Waals surface area contributed by atoms with E-state index in [1.54, 1.807) is 0 Å². The summed E-state index contributed by atoms with van der Waals surface area (Å²) < 4.78 is 46.3. The highest BCUT2D eigenvalue weighted by atomic mass is 35.5. The maximum atomic E-state index is 13.9. The van der Waals surface area contributed by atoms with Gasteiger partial charge in [0.2, 0.25) is 10.0 Å². The molecule has 2 aliphatic heterocycles. The molecule has 0 unspecified atom stereocenters. The molecule has 0 bridgehead atoms. The van der Waals surface area contributed by atoms with Gasteiger partial charge in [-0.2, -0.15) is 4.31 Å². The smallest absolute Gasteiger partial charge is 0.247 e. The topological polar surface area (TPSA) is 46.6 Å². The first-order valence-corrected chi connectivity index (χ1v) is 8.87. The van der Waals surface area contributed by atoms with E-state index < -0.39 is 20.7 Å². The molecule has 0 amide bonds. The van der Waals surface area contributed by atoms with Crippen molar-refractivity contribution in [2.75, 3.05) is 19.7 Å². The average Bonchev–Trinajstić information content (AvgIpc) is 2.46. The summed E-state index contributed by atoms with van der Waals surface area (Å²) in [7, 11) is -3.90. The van der Waals surface area contributed by atoms with Crippen molar-refractivity contribution in [2.24, 2.45) is 5.92 Å². The van der Waals surface area contributed by atoms with Gasteiger partial charge in [0, 0.05) is 19.7 Å². The molecule has 0 aromatic heterocycles. The fourth-order valence-corrected chi connectivity index (χ4v) is 5.21. The average molecular weight is 334 g/mol. The summed E-state index contributed by atoms with van der Waals surface area (Å²) >= 11 is 5.90. The number of ether oxygens (including phenoxy) is 1. The highest BCUT2D eigenvalue weighted by Crippen LogP contribution is 2.33. The van der Waals surface area contributed by atoms with Crippen LogP contribution in [-0.2, 0) is 14.8 Å². The zero-order valence-corrected chi connectivity index (χ0v) is 13.0. The Bertz CT molecular complexity index is 617. The number of sulfonamides is 1. The van der Waals surface area contributed by atoms with Crippen molar-refractivity contribution in [3.05, 3.63) is 29.0 Å². The molecule has 1 aromatic carbocycles. The van der Waals surface area contributed by atoms with E-state index in [2.05, 4.69) is 0 Å². The van der Waals surface area contributed by atoms with Crippen LogP contribution in [0.15, 0.2) is 23.1 Å². The SMILES string of the molecule is O=S(=O)(c1c(F)cccc1Cl)N1CC[C@@H]2OCCC[C@H]2C1. The lowest BCUT2D eigenvalue weighted by Gasteiger charge is -2.40. The molecule has 0 radical (unpaired) electrons. The Balaban J connectivity index is 1.89. The second-order valence-electron chi connectivity index (χ2n) is 5.51. The number of piperidine rings is 1. The van der Waals surface area contributed by atoms with Crippen molar-refractivity contribution in [1.29, 1.82) is 0 Å². The molecule has 2 fully saturated rings. The third-order valence-electron chi connectivity index (χ3n) is 4.19. The standard InChI is InChI=1S/C14H17ClFNO3S/c15-11-4-1-5-12(16)14(11)21(18,19)17-7-6-13-10(9-17)3-2-8-20-13/h1,4-5,10,13H,2-3,6-9H2/t10-,13-/m0/s1. The number of benzene rings is 1. The molecular weight excluding hydrogens is 317 g/mol. The van der Waals surface area contributed by atoms with Crippen molar-refractivity contribution < 1.29 is 17.5 Å². The Labute approximate surface area is 128 Å². The molecule has 0 spiro atoms. The van der Waals surface area contributed by atoms with E-state index in [-0.39, 0.29) is 17.0 Å². The molecule has 116 valence electrons. The van der Waals surface area contributed by atoms with E-state index in [9.17, 15) is 12.8 Å². The van der Waals surface area contributed by atoms with Crippen LogP contribution in [0.5, 0.6) is 0 Å². The number of hydrogen-bond donors (Lipinski definition) is 0. The number of nitrogens with zero attached hydrogens (tertiary/aromatic N) is 1. The minimum Gasteiger partial charge on any atom is -0.378 e. The summed E-state index contributed by atoms with van der Waals surface area (Å²) in [6.45, 7) is 1.46. The summed E-state index contributed by atoms with van der Waals surface area (Å²) in [4.78, 5) is -0.415. The monoisotopic (exact) mass is 333 g/mol. The van der Waals surface area contributed by atoms with Gasteiger partial charge in [-0.25, -0.2) is 12.8 Å². The van der Waals surface area contributed by atoms with Crippen LogP contribution >= 0.6 is 11.6 Å². The molecule has 21 heavy (non-hydrogen) atoms. The summed E-state index contributed by atoms with van der Waals surface area (Å²) in [5, 5.41) is -0.0722. The van der Waals surface area contributed by atoms with Crippen molar-refractivity contribution in [2.45, 2.75) is 30.3 Å². The maximum absolute atomic E-state index is 13.9. The molecule has 2 saturated heterocycles. The molecule has 1 aromatic rings. The fraction of sp³-hybridized carbons (Fsp3) is 0.571. The van der Waals surface area contributed by atoms with E-state index in [1.807, 2.05) is 0 Å². The third kappa shape index (κ3) is 2.82. The second kappa shape index (κ2) is 5.83. The van der Waals surface area contributed by atoms with Gasteiger partial charge < -0.3 is 4.74 Å². The molecule has 2 aliphatic rings. The Morgan fingerprint density at radius 2 is 2.14 bits per heavy atom. The largest absolute Gasteiger partial charge is 0.378 e. The lowest BCUT2D eigenvalue weighted by Crippen LogP contribution is -2.48. The van der Waals surface area contributed by atoms with Crippen molar-refractivity contribution >= 4 is 21.6 Å². The zero-order valence-electron chi connectivity index (χ0n) is 11.5. The minimum atomic E-state index is -3.90. The Hall–Kier alpha value is -0.690. The van der Waals surface area contributed by atoms with E-state index in [4.69, 9.17) is 16.3 Å². The summed E-state index contributed by atoms with van der Waals surface area (Å²) in [6.07, 6.45) is 2.66. The van der Waals surface area contributed by atoms with Gasteiger partial charge in [0.25, 0.3) is 0 Å². The Kier molecular flexibility index (Phi) is 4.23. The normalized spacial score (nSPS) is 27.3. The van der Waals surface area contributed by atoms with Gasteiger partial charge in [-0.05, 0) is 37.3 Å². The lowest BCUT2D eigenvalue weighted by atomic mass is 9.90. The second-order valence-corrected chi connectivity index (χ2v) is 7.80. The van der Waals surface area contributed by atoms with Gasteiger partial charge in [0.05, 0.1) is 11.1 Å². The van der Waals surface area contributed by atoms with Gasteiger partial charge in [0.1, 0.15) is 10.7 Å². The molecule has 2 atom stereocenters. The van der Waals surface area contributed by atoms with Gasteiger partial charge in [-0.15, -0.1) is 0 Å². The quantitative estimate of drug-likeness (QED) is 0.836. The molecule has 2 heterocycles. The van der Waals surface area contributed by atoms with Crippen LogP contribution in [0.25, 0.3) is 0 Å². The van der Waals surface area contributed by atoms with Gasteiger partial charge in [-0.1, -0.05) is 17.7 Å².